The first-order valence-corrected chi connectivity index (χ1v) is 6.77. The fourth-order valence-corrected chi connectivity index (χ4v) is 6.18. The molecule has 1 nitrogen and oxygen atoms in total. The Labute approximate surface area is 97.9 Å². The molecule has 0 amide bonds. The molecule has 6 bridgehead atoms. The molecule has 0 spiro atoms. The van der Waals surface area contributed by atoms with Gasteiger partial charge in [0, 0.05) is 0 Å². The number of rotatable bonds is 1. The van der Waals surface area contributed by atoms with Crippen LogP contribution < -0.4 is 0 Å². The van der Waals surface area contributed by atoms with Crippen molar-refractivity contribution in [2.75, 3.05) is 0 Å². The second-order valence-corrected chi connectivity index (χ2v) is 7.54. The van der Waals surface area contributed by atoms with Crippen molar-refractivity contribution < 1.29 is 5.11 Å². The van der Waals surface area contributed by atoms with E-state index in [1.807, 2.05) is 13.8 Å². The molecule has 0 saturated heterocycles. The highest BCUT2D eigenvalue weighted by Crippen LogP contribution is 2.90. The predicted molar refractivity (Wildman–Crippen MR) is 63.8 cm³/mol. The first-order valence-electron chi connectivity index (χ1n) is 6.77. The van der Waals surface area contributed by atoms with Crippen molar-refractivity contribution in [3.63, 3.8) is 0 Å². The zero-order valence-corrected chi connectivity index (χ0v) is 10.7. The first-order chi connectivity index (χ1) is 7.33. The summed E-state index contributed by atoms with van der Waals surface area (Å²) >= 11 is 0. The van der Waals surface area contributed by atoms with Gasteiger partial charge in [0.25, 0.3) is 0 Å². The monoisotopic (exact) mass is 218 g/mol. The SMILES string of the molecule is CC(C)(O)C1=CC2C3(C)C4CCC(C14)C23C. The summed E-state index contributed by atoms with van der Waals surface area (Å²) in [6.07, 6.45) is 5.26. The summed E-state index contributed by atoms with van der Waals surface area (Å²) in [6, 6.07) is 0. The summed E-state index contributed by atoms with van der Waals surface area (Å²) in [5.74, 6) is 3.22. The van der Waals surface area contributed by atoms with E-state index in [1.54, 1.807) is 0 Å². The average Bonchev–Trinajstić information content (AvgIpc) is 2.53. The highest BCUT2D eigenvalue weighted by atomic mass is 16.3. The number of aliphatic hydroxyl groups is 1. The molecule has 1 N–H and O–H groups in total. The molecule has 5 aliphatic carbocycles. The smallest absolute Gasteiger partial charge is 0.0803 e. The van der Waals surface area contributed by atoms with Gasteiger partial charge in [-0.05, 0) is 66.8 Å². The summed E-state index contributed by atoms with van der Waals surface area (Å²) in [5, 5.41) is 10.3. The van der Waals surface area contributed by atoms with Crippen LogP contribution in [0.5, 0.6) is 0 Å². The van der Waals surface area contributed by atoms with Gasteiger partial charge in [-0.25, -0.2) is 0 Å². The van der Waals surface area contributed by atoms with Crippen LogP contribution in [0, 0.1) is 34.5 Å². The Kier molecular flexibility index (Phi) is 1.31. The summed E-state index contributed by atoms with van der Waals surface area (Å²) in [7, 11) is 0. The molecule has 0 radical (unpaired) electrons. The molecule has 4 atom stereocenters. The maximum Gasteiger partial charge on any atom is 0.0803 e. The van der Waals surface area contributed by atoms with E-state index in [4.69, 9.17) is 0 Å². The fourth-order valence-electron chi connectivity index (χ4n) is 6.18. The van der Waals surface area contributed by atoms with E-state index in [9.17, 15) is 5.11 Å². The van der Waals surface area contributed by atoms with Gasteiger partial charge in [0.2, 0.25) is 0 Å². The van der Waals surface area contributed by atoms with Crippen LogP contribution in [0.3, 0.4) is 0 Å². The molecule has 0 aromatic rings. The zero-order chi connectivity index (χ0) is 11.5. The van der Waals surface area contributed by atoms with Crippen molar-refractivity contribution in [1.29, 1.82) is 0 Å². The second kappa shape index (κ2) is 2.16. The molecule has 5 aliphatic rings. The van der Waals surface area contributed by atoms with E-state index < -0.39 is 5.60 Å². The summed E-state index contributed by atoms with van der Waals surface area (Å²) in [5.41, 5.74) is 1.97. The predicted octanol–water partition coefficient (Wildman–Crippen LogP) is 3.00. The van der Waals surface area contributed by atoms with Crippen molar-refractivity contribution in [1.82, 2.24) is 0 Å². The van der Waals surface area contributed by atoms with E-state index in [1.165, 1.54) is 18.4 Å². The minimum absolute atomic E-state index is 0.587. The van der Waals surface area contributed by atoms with Crippen LogP contribution in [0.1, 0.15) is 40.5 Å². The van der Waals surface area contributed by atoms with Gasteiger partial charge in [0.05, 0.1) is 5.60 Å². The first kappa shape index (κ1) is 9.70. The normalized spacial score (nSPS) is 61.2. The van der Waals surface area contributed by atoms with E-state index in [2.05, 4.69) is 19.9 Å². The van der Waals surface area contributed by atoms with Crippen molar-refractivity contribution in [3.8, 4) is 0 Å². The van der Waals surface area contributed by atoms with Gasteiger partial charge in [0.1, 0.15) is 0 Å². The molecule has 0 aromatic heterocycles. The molecule has 4 unspecified atom stereocenters. The van der Waals surface area contributed by atoms with E-state index >= 15 is 0 Å². The van der Waals surface area contributed by atoms with Gasteiger partial charge in [-0.1, -0.05) is 19.9 Å². The third-order valence-electron chi connectivity index (χ3n) is 6.98. The topological polar surface area (TPSA) is 20.2 Å². The van der Waals surface area contributed by atoms with Gasteiger partial charge >= 0.3 is 0 Å². The van der Waals surface area contributed by atoms with Crippen LogP contribution in [0.25, 0.3) is 0 Å². The molecular formula is C15H22O. The Bertz CT molecular complexity index is 392. The maximum atomic E-state index is 10.3. The Morgan fingerprint density at radius 2 is 1.69 bits per heavy atom. The molecular weight excluding hydrogens is 196 g/mol. The Morgan fingerprint density at radius 3 is 2.12 bits per heavy atom. The molecule has 88 valence electrons. The van der Waals surface area contributed by atoms with Crippen molar-refractivity contribution >= 4 is 0 Å². The van der Waals surface area contributed by atoms with Crippen LogP contribution in [0.4, 0.5) is 0 Å². The van der Waals surface area contributed by atoms with Crippen LogP contribution in [-0.4, -0.2) is 10.7 Å². The lowest BCUT2D eigenvalue weighted by Crippen LogP contribution is -2.36. The van der Waals surface area contributed by atoms with Gasteiger partial charge in [0.15, 0.2) is 0 Å². The van der Waals surface area contributed by atoms with Gasteiger partial charge in [-0.3, -0.25) is 0 Å². The summed E-state index contributed by atoms with van der Waals surface area (Å²) in [4.78, 5) is 0. The molecule has 3 saturated carbocycles. The largest absolute Gasteiger partial charge is 0.386 e. The highest BCUT2D eigenvalue weighted by Gasteiger charge is 2.85. The Hall–Kier alpha value is -0.300. The lowest BCUT2D eigenvalue weighted by molar-refractivity contribution is 0.0874. The third kappa shape index (κ3) is 0.664. The Morgan fingerprint density at radius 1 is 1.19 bits per heavy atom. The molecule has 0 heterocycles. The number of hydrogen-bond acceptors (Lipinski definition) is 1. The standard InChI is InChI=1S/C15H22O/c1-13(2,16)10-7-11-14(3)8-5-6-9(12(8)10)15(11,14)4/h7-9,11-12,16H,5-6H2,1-4H3. The highest BCUT2D eigenvalue weighted by molar-refractivity contribution is 5.46. The van der Waals surface area contributed by atoms with E-state index in [0.717, 1.165) is 17.8 Å². The van der Waals surface area contributed by atoms with E-state index in [-0.39, 0.29) is 0 Å². The van der Waals surface area contributed by atoms with Crippen molar-refractivity contribution in [2.45, 2.75) is 46.1 Å². The fraction of sp³-hybridized carbons (Fsp3) is 0.867. The lowest BCUT2D eigenvalue weighted by atomic mass is 9.68. The summed E-state index contributed by atoms with van der Waals surface area (Å²) in [6.45, 7) is 8.95. The van der Waals surface area contributed by atoms with Crippen LogP contribution in [0.15, 0.2) is 11.6 Å². The molecule has 0 aromatic carbocycles. The van der Waals surface area contributed by atoms with Crippen LogP contribution in [0.2, 0.25) is 0 Å². The lowest BCUT2D eigenvalue weighted by Gasteiger charge is -2.38. The molecule has 16 heavy (non-hydrogen) atoms. The Balaban J connectivity index is 1.90. The average molecular weight is 218 g/mol. The van der Waals surface area contributed by atoms with Gasteiger partial charge in [-0.2, -0.15) is 0 Å². The maximum absolute atomic E-state index is 10.3. The molecule has 0 aliphatic heterocycles. The molecule has 5 rings (SSSR count). The van der Waals surface area contributed by atoms with Gasteiger partial charge < -0.3 is 5.11 Å². The number of allylic oxidation sites excluding steroid dienone is 1. The quantitative estimate of drug-likeness (QED) is 0.671. The van der Waals surface area contributed by atoms with Crippen LogP contribution in [-0.2, 0) is 0 Å². The van der Waals surface area contributed by atoms with Crippen LogP contribution >= 0.6 is 0 Å². The minimum Gasteiger partial charge on any atom is -0.386 e. The van der Waals surface area contributed by atoms with Crippen molar-refractivity contribution in [3.05, 3.63) is 11.6 Å². The number of hydrogen-bond donors (Lipinski definition) is 1. The zero-order valence-electron chi connectivity index (χ0n) is 10.7. The van der Waals surface area contributed by atoms with Gasteiger partial charge in [-0.15, -0.1) is 0 Å². The second-order valence-electron chi connectivity index (χ2n) is 7.54. The van der Waals surface area contributed by atoms with E-state index in [0.29, 0.717) is 16.7 Å². The summed E-state index contributed by atoms with van der Waals surface area (Å²) < 4.78 is 0. The molecule has 1 heteroatoms. The molecule has 3 fully saturated rings. The minimum atomic E-state index is -0.587. The van der Waals surface area contributed by atoms with Crippen molar-refractivity contribution in [2.24, 2.45) is 34.5 Å². The third-order valence-corrected chi connectivity index (χ3v) is 6.98.